The highest BCUT2D eigenvalue weighted by Gasteiger charge is 2.44. The lowest BCUT2D eigenvalue weighted by Crippen LogP contribution is -2.20. The van der Waals surface area contributed by atoms with Gasteiger partial charge in [0.2, 0.25) is 0 Å². The molecule has 0 radical (unpaired) electrons. The van der Waals surface area contributed by atoms with Crippen molar-refractivity contribution in [2.75, 3.05) is 0 Å². The molecule has 1 fully saturated rings. The van der Waals surface area contributed by atoms with Gasteiger partial charge in [-0.1, -0.05) is 81.4 Å². The molecular weight excluding hydrogens is 292 g/mol. The van der Waals surface area contributed by atoms with Crippen LogP contribution in [0.1, 0.15) is 91.8 Å². The van der Waals surface area contributed by atoms with Crippen LogP contribution >= 0.6 is 0 Å². The van der Waals surface area contributed by atoms with Gasteiger partial charge in [-0.15, -0.1) is 0 Å². The maximum Gasteiger partial charge on any atom is 0.122 e. The Morgan fingerprint density at radius 3 is 1.54 bits per heavy atom. The number of hydrogen-bond acceptors (Lipinski definition) is 1. The zero-order valence-electron chi connectivity index (χ0n) is 17.5. The summed E-state index contributed by atoms with van der Waals surface area (Å²) in [5, 5.41) is 11.2. The Labute approximate surface area is 149 Å². The monoisotopic (exact) mass is 330 g/mol. The fourth-order valence-corrected chi connectivity index (χ4v) is 4.57. The molecule has 0 spiro atoms. The molecule has 4 unspecified atom stereocenters. The maximum atomic E-state index is 11.2. The molecule has 0 aromatic heterocycles. The predicted molar refractivity (Wildman–Crippen MR) is 105 cm³/mol. The lowest BCUT2D eigenvalue weighted by atomic mass is 9.74. The summed E-state index contributed by atoms with van der Waals surface area (Å²) >= 11 is 0. The largest absolute Gasteiger partial charge is 0.507 e. The average Bonchev–Trinajstić information content (AvgIpc) is 2.61. The lowest BCUT2D eigenvalue weighted by molar-refractivity contribution is 0.352. The van der Waals surface area contributed by atoms with Crippen molar-refractivity contribution >= 4 is 0 Å². The Hall–Kier alpha value is -0.980. The molecule has 1 nitrogen and oxygen atoms in total. The van der Waals surface area contributed by atoms with Gasteiger partial charge in [-0.3, -0.25) is 0 Å². The molecule has 1 aromatic rings. The molecule has 4 atom stereocenters. The van der Waals surface area contributed by atoms with E-state index in [1.807, 2.05) is 0 Å². The SMILES string of the molecule is CC1C(C)C(C)C(c2cc(C(C)(C)C)cc(C(C)(C)C)c2O)C1C. The summed E-state index contributed by atoms with van der Waals surface area (Å²) in [5.74, 6) is 3.58. The van der Waals surface area contributed by atoms with E-state index in [-0.39, 0.29) is 10.8 Å². The molecule has 1 N–H and O–H groups in total. The third-order valence-electron chi connectivity index (χ3n) is 6.79. The first kappa shape index (κ1) is 19.3. The van der Waals surface area contributed by atoms with Gasteiger partial charge in [0.05, 0.1) is 0 Å². The van der Waals surface area contributed by atoms with Crippen molar-refractivity contribution in [1.29, 1.82) is 0 Å². The first-order chi connectivity index (χ1) is 10.8. The van der Waals surface area contributed by atoms with Gasteiger partial charge in [0, 0.05) is 0 Å². The van der Waals surface area contributed by atoms with Crippen LogP contribution in [0.4, 0.5) is 0 Å². The summed E-state index contributed by atoms with van der Waals surface area (Å²) in [6.07, 6.45) is 0. The quantitative estimate of drug-likeness (QED) is 0.612. The third-order valence-corrected chi connectivity index (χ3v) is 6.79. The topological polar surface area (TPSA) is 20.2 Å². The van der Waals surface area contributed by atoms with Gasteiger partial charge in [0.15, 0.2) is 0 Å². The van der Waals surface area contributed by atoms with Crippen molar-refractivity contribution in [2.45, 2.75) is 86.0 Å². The fraction of sp³-hybridized carbons (Fsp3) is 0.739. The zero-order valence-corrected chi connectivity index (χ0v) is 17.5. The molecule has 1 aromatic carbocycles. The zero-order chi connectivity index (χ0) is 18.6. The van der Waals surface area contributed by atoms with Crippen LogP contribution in [-0.4, -0.2) is 5.11 Å². The van der Waals surface area contributed by atoms with Gasteiger partial charge >= 0.3 is 0 Å². The summed E-state index contributed by atoms with van der Waals surface area (Å²) in [5.41, 5.74) is 3.65. The van der Waals surface area contributed by atoms with Crippen LogP contribution in [0.5, 0.6) is 5.75 Å². The van der Waals surface area contributed by atoms with Crippen molar-refractivity contribution < 1.29 is 5.11 Å². The van der Waals surface area contributed by atoms with Gasteiger partial charge < -0.3 is 5.11 Å². The van der Waals surface area contributed by atoms with Crippen molar-refractivity contribution in [3.05, 3.63) is 28.8 Å². The Balaban J connectivity index is 2.70. The predicted octanol–water partition coefficient (Wildman–Crippen LogP) is 6.63. The minimum atomic E-state index is -0.0532. The fourth-order valence-electron chi connectivity index (χ4n) is 4.57. The summed E-state index contributed by atoms with van der Waals surface area (Å²) in [4.78, 5) is 0. The second-order valence-electron chi connectivity index (χ2n) is 10.4. The smallest absolute Gasteiger partial charge is 0.122 e. The van der Waals surface area contributed by atoms with Gasteiger partial charge in [-0.2, -0.15) is 0 Å². The second-order valence-corrected chi connectivity index (χ2v) is 10.4. The van der Waals surface area contributed by atoms with E-state index in [1.165, 1.54) is 11.1 Å². The van der Waals surface area contributed by atoms with Crippen LogP contribution < -0.4 is 0 Å². The minimum Gasteiger partial charge on any atom is -0.507 e. The number of phenolic OH excluding ortho intramolecular Hbond substituents is 1. The first-order valence-electron chi connectivity index (χ1n) is 9.64. The molecule has 24 heavy (non-hydrogen) atoms. The molecule has 1 aliphatic rings. The Morgan fingerprint density at radius 1 is 0.708 bits per heavy atom. The number of phenols is 1. The Morgan fingerprint density at radius 2 is 1.17 bits per heavy atom. The second kappa shape index (κ2) is 6.07. The minimum absolute atomic E-state index is 0.0532. The molecule has 0 bridgehead atoms. The Bertz CT molecular complexity index is 586. The highest BCUT2D eigenvalue weighted by atomic mass is 16.3. The molecule has 0 amide bonds. The van der Waals surface area contributed by atoms with E-state index in [9.17, 15) is 5.11 Å². The molecule has 1 heteroatoms. The highest BCUT2D eigenvalue weighted by Crippen LogP contribution is 2.54. The first-order valence-corrected chi connectivity index (χ1v) is 9.64. The lowest BCUT2D eigenvalue weighted by Gasteiger charge is -2.31. The molecule has 0 saturated heterocycles. The number of hydrogen-bond donors (Lipinski definition) is 1. The van der Waals surface area contributed by atoms with Crippen LogP contribution in [0.25, 0.3) is 0 Å². The van der Waals surface area contributed by atoms with Crippen LogP contribution in [0.2, 0.25) is 0 Å². The molecule has 1 saturated carbocycles. The number of aromatic hydroxyl groups is 1. The summed E-state index contributed by atoms with van der Waals surface area (Å²) in [6, 6.07) is 4.53. The number of rotatable bonds is 1. The van der Waals surface area contributed by atoms with E-state index >= 15 is 0 Å². The standard InChI is InChI=1S/C23H38O/c1-13-14(2)16(4)20(15(13)3)18-11-17(22(5,6)7)12-19(21(18)24)23(8,9)10/h11-16,20,24H,1-10H3. The molecule has 0 heterocycles. The normalized spacial score (nSPS) is 31.5. The summed E-state index contributed by atoms with van der Waals surface area (Å²) in [6.45, 7) is 22.9. The van der Waals surface area contributed by atoms with Crippen molar-refractivity contribution in [3.63, 3.8) is 0 Å². The highest BCUT2D eigenvalue weighted by molar-refractivity contribution is 5.51. The van der Waals surface area contributed by atoms with E-state index in [2.05, 4.69) is 81.4 Å². The average molecular weight is 331 g/mol. The van der Waals surface area contributed by atoms with Gasteiger partial charge in [0.1, 0.15) is 5.75 Å². The van der Waals surface area contributed by atoms with Crippen LogP contribution in [0.3, 0.4) is 0 Å². The molecule has 2 rings (SSSR count). The van der Waals surface area contributed by atoms with Gasteiger partial charge in [-0.05, 0) is 57.1 Å². The van der Waals surface area contributed by atoms with E-state index in [4.69, 9.17) is 0 Å². The molecule has 136 valence electrons. The number of benzene rings is 1. The molecule has 1 aliphatic carbocycles. The van der Waals surface area contributed by atoms with Crippen LogP contribution in [-0.2, 0) is 10.8 Å². The summed E-state index contributed by atoms with van der Waals surface area (Å²) in [7, 11) is 0. The Kier molecular flexibility index (Phi) is 4.90. The van der Waals surface area contributed by atoms with Gasteiger partial charge in [-0.25, -0.2) is 0 Å². The maximum absolute atomic E-state index is 11.2. The van der Waals surface area contributed by atoms with Crippen LogP contribution in [0.15, 0.2) is 12.1 Å². The van der Waals surface area contributed by atoms with Crippen molar-refractivity contribution in [1.82, 2.24) is 0 Å². The van der Waals surface area contributed by atoms with E-state index in [0.717, 1.165) is 5.56 Å². The van der Waals surface area contributed by atoms with E-state index in [1.54, 1.807) is 0 Å². The van der Waals surface area contributed by atoms with E-state index < -0.39 is 0 Å². The van der Waals surface area contributed by atoms with Crippen LogP contribution in [0, 0.1) is 23.7 Å². The van der Waals surface area contributed by atoms with E-state index in [0.29, 0.717) is 35.3 Å². The molecular formula is C23H38O. The van der Waals surface area contributed by atoms with Crippen molar-refractivity contribution in [2.24, 2.45) is 23.7 Å². The summed E-state index contributed by atoms with van der Waals surface area (Å²) < 4.78 is 0. The molecule has 0 aliphatic heterocycles. The van der Waals surface area contributed by atoms with Gasteiger partial charge in [0.25, 0.3) is 0 Å². The third kappa shape index (κ3) is 3.24. The van der Waals surface area contributed by atoms with Crippen molar-refractivity contribution in [3.8, 4) is 5.75 Å².